The summed E-state index contributed by atoms with van der Waals surface area (Å²) in [6.45, 7) is 1.88. The summed E-state index contributed by atoms with van der Waals surface area (Å²) in [6.07, 6.45) is -0.609. The van der Waals surface area contributed by atoms with E-state index in [4.69, 9.17) is 0 Å². The molecule has 0 N–H and O–H groups in total. The molecule has 0 saturated carbocycles. The van der Waals surface area contributed by atoms with E-state index in [0.29, 0.717) is 6.29 Å². The maximum absolute atomic E-state index is 12.3. The third kappa shape index (κ3) is 2.25. The second kappa shape index (κ2) is 3.98. The second-order valence-electron chi connectivity index (χ2n) is 3.29. The molecule has 0 aliphatic heterocycles. The van der Waals surface area contributed by atoms with E-state index in [1.165, 1.54) is 6.08 Å². The number of carbonyl (C=O) groups excluding carboxylic acids is 1. The molecular weight excluding hydrogens is 193 g/mol. The van der Waals surface area contributed by atoms with Gasteiger partial charge in [-0.25, -0.2) is 0 Å². The van der Waals surface area contributed by atoms with Crippen molar-refractivity contribution in [1.82, 2.24) is 0 Å². The van der Waals surface area contributed by atoms with Crippen molar-refractivity contribution in [1.29, 1.82) is 0 Å². The Bertz CT molecular complexity index is 286. The largest absolute Gasteiger partial charge is 0.416 e. The Morgan fingerprint density at radius 2 is 2.21 bits per heavy atom. The van der Waals surface area contributed by atoms with E-state index < -0.39 is 11.7 Å². The lowest BCUT2D eigenvalue weighted by Gasteiger charge is -2.19. The molecule has 0 aromatic heterocycles. The van der Waals surface area contributed by atoms with Crippen molar-refractivity contribution < 1.29 is 18.0 Å². The maximum atomic E-state index is 12.3. The van der Waals surface area contributed by atoms with E-state index >= 15 is 0 Å². The fraction of sp³-hybridized carbons (Fsp3) is 0.500. The highest BCUT2D eigenvalue weighted by atomic mass is 19.4. The van der Waals surface area contributed by atoms with Crippen LogP contribution >= 0.6 is 0 Å². The minimum Gasteiger partial charge on any atom is -0.298 e. The first kappa shape index (κ1) is 11.0. The number of carbonyl (C=O) groups is 1. The highest BCUT2D eigenvalue weighted by Crippen LogP contribution is 2.35. The number of aldehydes is 1. The van der Waals surface area contributed by atoms with Crippen molar-refractivity contribution in [2.75, 3.05) is 0 Å². The first-order valence-electron chi connectivity index (χ1n) is 4.42. The number of halogens is 3. The number of hydrogen-bond acceptors (Lipinski definition) is 1. The molecule has 1 atom stereocenters. The van der Waals surface area contributed by atoms with E-state index in [0.717, 1.165) is 12.5 Å². The third-order valence-electron chi connectivity index (χ3n) is 2.34. The van der Waals surface area contributed by atoms with Crippen LogP contribution in [0.4, 0.5) is 13.2 Å². The molecule has 0 fully saturated rings. The molecule has 0 spiro atoms. The fourth-order valence-electron chi connectivity index (χ4n) is 1.47. The zero-order chi connectivity index (χ0) is 10.8. The van der Waals surface area contributed by atoms with E-state index in [-0.39, 0.29) is 17.9 Å². The van der Waals surface area contributed by atoms with Gasteiger partial charge in [-0.15, -0.1) is 0 Å². The Balaban J connectivity index is 2.99. The van der Waals surface area contributed by atoms with Gasteiger partial charge in [-0.2, -0.15) is 13.2 Å². The molecule has 0 aromatic carbocycles. The van der Waals surface area contributed by atoms with Crippen LogP contribution in [-0.4, -0.2) is 12.5 Å². The Hall–Kier alpha value is -1.06. The average Bonchev–Trinajstić information content (AvgIpc) is 2.15. The van der Waals surface area contributed by atoms with E-state index in [9.17, 15) is 18.0 Å². The topological polar surface area (TPSA) is 17.1 Å². The van der Waals surface area contributed by atoms with Crippen LogP contribution in [0.5, 0.6) is 0 Å². The summed E-state index contributed by atoms with van der Waals surface area (Å²) >= 11 is 0. The van der Waals surface area contributed by atoms with Crippen LogP contribution in [0.25, 0.3) is 0 Å². The number of rotatable bonds is 2. The summed E-state index contributed by atoms with van der Waals surface area (Å²) in [4.78, 5) is 10.5. The Morgan fingerprint density at radius 3 is 2.64 bits per heavy atom. The van der Waals surface area contributed by atoms with Crippen LogP contribution in [0.2, 0.25) is 0 Å². The Morgan fingerprint density at radius 1 is 1.57 bits per heavy atom. The van der Waals surface area contributed by atoms with Gasteiger partial charge in [0, 0.05) is 5.57 Å². The predicted molar refractivity (Wildman–Crippen MR) is 46.7 cm³/mol. The van der Waals surface area contributed by atoms with Crippen LogP contribution in [0.1, 0.15) is 19.8 Å². The minimum atomic E-state index is -4.41. The van der Waals surface area contributed by atoms with Gasteiger partial charge in [0.25, 0.3) is 0 Å². The van der Waals surface area contributed by atoms with Gasteiger partial charge in [0.2, 0.25) is 0 Å². The highest BCUT2D eigenvalue weighted by Gasteiger charge is 2.36. The van der Waals surface area contributed by atoms with Crippen LogP contribution in [-0.2, 0) is 4.79 Å². The zero-order valence-electron chi connectivity index (χ0n) is 7.77. The molecule has 0 radical (unpaired) electrons. The van der Waals surface area contributed by atoms with Gasteiger partial charge in [-0.3, -0.25) is 4.79 Å². The lowest BCUT2D eigenvalue weighted by atomic mass is 9.88. The summed E-state index contributed by atoms with van der Waals surface area (Å²) in [7, 11) is 0. The van der Waals surface area contributed by atoms with Gasteiger partial charge in [0.1, 0.15) is 6.29 Å². The van der Waals surface area contributed by atoms with Gasteiger partial charge in [-0.1, -0.05) is 19.1 Å². The highest BCUT2D eigenvalue weighted by molar-refractivity contribution is 5.76. The fourth-order valence-corrected chi connectivity index (χ4v) is 1.47. The lowest BCUT2D eigenvalue weighted by molar-refractivity contribution is -0.107. The van der Waals surface area contributed by atoms with Crippen LogP contribution in [0.3, 0.4) is 0 Å². The molecule has 0 aromatic rings. The molecule has 1 nitrogen and oxygen atoms in total. The molecule has 1 aliphatic rings. The lowest BCUT2D eigenvalue weighted by Crippen LogP contribution is -2.17. The number of alkyl halides is 3. The van der Waals surface area contributed by atoms with Gasteiger partial charge in [0.15, 0.2) is 0 Å². The van der Waals surface area contributed by atoms with Crippen molar-refractivity contribution in [3.8, 4) is 0 Å². The average molecular weight is 204 g/mol. The standard InChI is InChI=1S/C10H11F3O/c1-2-7-3-4-9(10(11,12)13)8(5-7)6-14/h3-4,6-7H,2,5H2,1H3. The van der Waals surface area contributed by atoms with Crippen LogP contribution in [0, 0.1) is 5.92 Å². The molecule has 4 heteroatoms. The molecule has 1 rings (SSSR count). The monoisotopic (exact) mass is 204 g/mol. The van der Waals surface area contributed by atoms with Crippen molar-refractivity contribution in [2.45, 2.75) is 25.9 Å². The molecule has 0 saturated heterocycles. The van der Waals surface area contributed by atoms with Crippen molar-refractivity contribution in [2.24, 2.45) is 5.92 Å². The smallest absolute Gasteiger partial charge is 0.298 e. The summed E-state index contributed by atoms with van der Waals surface area (Å²) in [6, 6.07) is 0. The van der Waals surface area contributed by atoms with Crippen molar-refractivity contribution in [3.63, 3.8) is 0 Å². The van der Waals surface area contributed by atoms with E-state index in [1.54, 1.807) is 0 Å². The second-order valence-corrected chi connectivity index (χ2v) is 3.29. The third-order valence-corrected chi connectivity index (χ3v) is 2.34. The van der Waals surface area contributed by atoms with Gasteiger partial charge in [0.05, 0.1) is 5.57 Å². The predicted octanol–water partition coefficient (Wildman–Crippen LogP) is 3.03. The molecular formula is C10H11F3O. The zero-order valence-corrected chi connectivity index (χ0v) is 7.77. The number of hydrogen-bond donors (Lipinski definition) is 0. The summed E-state index contributed by atoms with van der Waals surface area (Å²) in [5.74, 6) is 0.0568. The number of allylic oxidation sites excluding steroid dienone is 4. The van der Waals surface area contributed by atoms with Gasteiger partial charge in [-0.05, 0) is 18.8 Å². The Labute approximate surface area is 80.3 Å². The SMILES string of the molecule is CCC1C=CC(C(F)(F)F)=C(C=O)C1. The van der Waals surface area contributed by atoms with E-state index in [2.05, 4.69) is 0 Å². The summed E-state index contributed by atoms with van der Waals surface area (Å²) < 4.78 is 37.0. The van der Waals surface area contributed by atoms with Crippen LogP contribution < -0.4 is 0 Å². The molecule has 14 heavy (non-hydrogen) atoms. The molecule has 78 valence electrons. The minimum absolute atomic E-state index is 0.0568. The Kier molecular flexibility index (Phi) is 3.13. The summed E-state index contributed by atoms with van der Waals surface area (Å²) in [5, 5.41) is 0. The van der Waals surface area contributed by atoms with Gasteiger partial charge < -0.3 is 0 Å². The quantitative estimate of drug-likeness (QED) is 0.632. The first-order chi connectivity index (χ1) is 6.49. The van der Waals surface area contributed by atoms with Crippen LogP contribution in [0.15, 0.2) is 23.3 Å². The molecule has 0 bridgehead atoms. The van der Waals surface area contributed by atoms with E-state index in [1.807, 2.05) is 6.92 Å². The normalized spacial score (nSPS) is 22.7. The first-order valence-corrected chi connectivity index (χ1v) is 4.42. The molecule has 1 aliphatic carbocycles. The molecule has 1 unspecified atom stereocenters. The maximum Gasteiger partial charge on any atom is 0.416 e. The molecule has 0 amide bonds. The summed E-state index contributed by atoms with van der Waals surface area (Å²) in [5.41, 5.74) is -0.927. The van der Waals surface area contributed by atoms with Crippen molar-refractivity contribution >= 4 is 6.29 Å². The molecule has 0 heterocycles. The van der Waals surface area contributed by atoms with Crippen molar-refractivity contribution in [3.05, 3.63) is 23.3 Å². The van der Waals surface area contributed by atoms with Gasteiger partial charge >= 0.3 is 6.18 Å².